The molecule has 0 radical (unpaired) electrons. The number of hydrogen-bond donors (Lipinski definition) is 4. The maximum absolute atomic E-state index is 11.7. The monoisotopic (exact) mass is 294 g/mol. The van der Waals surface area contributed by atoms with Crippen LogP contribution in [0.1, 0.15) is 5.01 Å². The molecule has 1 aliphatic heterocycles. The average molecular weight is 294 g/mol. The lowest BCUT2D eigenvalue weighted by molar-refractivity contribution is -0.106. The molecule has 18 heavy (non-hydrogen) atoms. The van der Waals surface area contributed by atoms with Gasteiger partial charge in [-0.2, -0.15) is 0 Å². The van der Waals surface area contributed by atoms with E-state index in [2.05, 4.69) is 26.0 Å². The van der Waals surface area contributed by atoms with E-state index in [0.29, 0.717) is 11.6 Å². The average Bonchev–Trinajstić information content (AvgIpc) is 2.61. The molecule has 6 N–H and O–H groups in total. The molecule has 1 amide bonds. The first-order valence-corrected chi connectivity index (χ1v) is 7.23. The summed E-state index contributed by atoms with van der Waals surface area (Å²) in [4.78, 5) is 8.58. The molecule has 1 aliphatic rings. The van der Waals surface area contributed by atoms with E-state index < -0.39 is 15.4 Å². The smallest absolute Gasteiger partial charge is 0.252 e. The number of carbonyl (C=O) groups is 1. The summed E-state index contributed by atoms with van der Waals surface area (Å²) in [6.07, 6.45) is 0.250. The Hall–Kier alpha value is -1.30. The molecule has 0 aromatic carbocycles. The number of nitrogens with two attached hydrogens (primary N) is 2. The van der Waals surface area contributed by atoms with Gasteiger partial charge in [-0.05, 0) is 6.92 Å². The summed E-state index contributed by atoms with van der Waals surface area (Å²) in [5, 5.41) is 10.4. The van der Waals surface area contributed by atoms with Gasteiger partial charge in [0.25, 0.3) is 10.0 Å². The van der Waals surface area contributed by atoms with Crippen LogP contribution in [0.2, 0.25) is 0 Å². The predicted molar refractivity (Wildman–Crippen MR) is 67.2 cm³/mol. The lowest BCUT2D eigenvalue weighted by atomic mass is 10.2. The maximum Gasteiger partial charge on any atom is 0.252 e. The Labute approximate surface area is 108 Å². The molecule has 2 rings (SSSR count). The van der Waals surface area contributed by atoms with E-state index in [4.69, 9.17) is 10.5 Å². The third kappa shape index (κ3) is 3.60. The number of anilines is 1. The largest absolute Gasteiger partial charge is 0.372 e. The molecule has 2 unspecified atom stereocenters. The molecule has 0 bridgehead atoms. The van der Waals surface area contributed by atoms with Gasteiger partial charge in [0.05, 0.1) is 0 Å². The Balaban J connectivity index is 0.000000492. The summed E-state index contributed by atoms with van der Waals surface area (Å²) in [5.41, 5.74) is 9.72. The fourth-order valence-electron chi connectivity index (χ4n) is 1.21. The van der Waals surface area contributed by atoms with Crippen LogP contribution in [0.15, 0.2) is 0 Å². The zero-order valence-electron chi connectivity index (χ0n) is 9.53. The summed E-state index contributed by atoms with van der Waals surface area (Å²) >= 11 is 1.19. The van der Waals surface area contributed by atoms with Crippen molar-refractivity contribution in [3.05, 3.63) is 5.01 Å². The fourth-order valence-corrected chi connectivity index (χ4v) is 3.45. The summed E-state index contributed by atoms with van der Waals surface area (Å²) in [7, 11) is -3.49. The van der Waals surface area contributed by atoms with E-state index in [0.717, 1.165) is 0 Å². The minimum atomic E-state index is -3.49. The Bertz CT molecular complexity index is 501. The normalized spacial score (nSPS) is 22.3. The van der Waals surface area contributed by atoms with E-state index in [1.807, 2.05) is 0 Å². The van der Waals surface area contributed by atoms with Gasteiger partial charge in [0.15, 0.2) is 0 Å². The molecule has 1 aromatic heterocycles. The van der Waals surface area contributed by atoms with Crippen LogP contribution < -0.4 is 21.5 Å². The number of rotatable bonds is 3. The van der Waals surface area contributed by atoms with Crippen LogP contribution in [0.25, 0.3) is 0 Å². The van der Waals surface area contributed by atoms with Crippen LogP contribution in [-0.2, 0) is 14.8 Å². The summed E-state index contributed by atoms with van der Waals surface area (Å²) in [6, 6.07) is -0.364. The van der Waals surface area contributed by atoms with Crippen molar-refractivity contribution in [3.8, 4) is 0 Å². The number of carbonyl (C=O) groups excluding carboxylic acids is 1. The van der Waals surface area contributed by atoms with Crippen LogP contribution in [0.4, 0.5) is 5.13 Å². The van der Waals surface area contributed by atoms with E-state index >= 15 is 0 Å². The van der Waals surface area contributed by atoms with Gasteiger partial charge in [-0.3, -0.25) is 14.8 Å². The Morgan fingerprint density at radius 1 is 1.56 bits per heavy atom. The van der Waals surface area contributed by atoms with Crippen LogP contribution in [0.3, 0.4) is 0 Å². The van der Waals surface area contributed by atoms with Gasteiger partial charge >= 0.3 is 0 Å². The second-order valence-corrected chi connectivity index (χ2v) is 6.39. The highest BCUT2D eigenvalue weighted by atomic mass is 32.2. The van der Waals surface area contributed by atoms with Crippen LogP contribution in [-0.4, -0.2) is 43.0 Å². The standard InChI is InChI=1S/C6H11N5O2S2.CH3NO/c1-3-9-10-6(14-3)11-15(12,13)5-4(7)2-8-5;2-1-3/h4-5,8H,2,7H2,1H3,(H,10,11);1H,(H2,2,3). The first-order chi connectivity index (χ1) is 8.40. The Morgan fingerprint density at radius 2 is 2.17 bits per heavy atom. The molecule has 0 spiro atoms. The predicted octanol–water partition coefficient (Wildman–Crippen LogP) is -2.05. The number of hydrogen-bond acceptors (Lipinski definition) is 8. The highest BCUT2D eigenvalue weighted by molar-refractivity contribution is 7.93. The minimum absolute atomic E-state index is 0.250. The fraction of sp³-hybridized carbons (Fsp3) is 0.571. The Morgan fingerprint density at radius 3 is 2.50 bits per heavy atom. The van der Waals surface area contributed by atoms with Crippen molar-refractivity contribution in [1.82, 2.24) is 15.5 Å². The molecule has 0 aliphatic carbocycles. The molecule has 102 valence electrons. The van der Waals surface area contributed by atoms with Crippen molar-refractivity contribution in [2.75, 3.05) is 11.3 Å². The third-order valence-corrected chi connectivity index (χ3v) is 4.58. The van der Waals surface area contributed by atoms with Crippen molar-refractivity contribution < 1.29 is 13.2 Å². The molecular weight excluding hydrogens is 280 g/mol. The minimum Gasteiger partial charge on any atom is -0.372 e. The van der Waals surface area contributed by atoms with Crippen molar-refractivity contribution in [2.24, 2.45) is 11.5 Å². The van der Waals surface area contributed by atoms with Gasteiger partial charge in [0, 0.05) is 12.6 Å². The number of aryl methyl sites for hydroxylation is 1. The van der Waals surface area contributed by atoms with E-state index in [9.17, 15) is 8.42 Å². The van der Waals surface area contributed by atoms with Gasteiger partial charge in [-0.1, -0.05) is 11.3 Å². The highest BCUT2D eigenvalue weighted by Crippen LogP contribution is 2.18. The topological polar surface area (TPSA) is 153 Å². The quantitative estimate of drug-likeness (QED) is 0.468. The van der Waals surface area contributed by atoms with Gasteiger partial charge in [0.1, 0.15) is 10.4 Å². The third-order valence-electron chi connectivity index (χ3n) is 2.03. The first kappa shape index (κ1) is 14.8. The van der Waals surface area contributed by atoms with Gasteiger partial charge in [-0.15, -0.1) is 10.2 Å². The second kappa shape index (κ2) is 6.04. The zero-order chi connectivity index (χ0) is 13.8. The molecule has 11 heteroatoms. The molecule has 1 saturated heterocycles. The molecular formula is C7H14N6O3S2. The van der Waals surface area contributed by atoms with Crippen molar-refractivity contribution in [1.29, 1.82) is 0 Å². The summed E-state index contributed by atoms with van der Waals surface area (Å²) < 4.78 is 25.7. The van der Waals surface area contributed by atoms with Gasteiger partial charge in [0.2, 0.25) is 11.5 Å². The number of primary amides is 1. The second-order valence-electron chi connectivity index (χ2n) is 3.40. The maximum atomic E-state index is 11.7. The van der Waals surface area contributed by atoms with Gasteiger partial charge < -0.3 is 11.5 Å². The Kier molecular flexibility index (Phi) is 4.95. The lowest BCUT2D eigenvalue weighted by Crippen LogP contribution is -2.66. The number of aromatic nitrogens is 2. The first-order valence-electron chi connectivity index (χ1n) is 4.86. The molecule has 1 aromatic rings. The lowest BCUT2D eigenvalue weighted by Gasteiger charge is -2.33. The van der Waals surface area contributed by atoms with Crippen molar-refractivity contribution >= 4 is 32.9 Å². The van der Waals surface area contributed by atoms with E-state index in [1.54, 1.807) is 6.92 Å². The molecule has 2 heterocycles. The zero-order valence-corrected chi connectivity index (χ0v) is 11.2. The molecule has 0 saturated carbocycles. The highest BCUT2D eigenvalue weighted by Gasteiger charge is 2.38. The van der Waals surface area contributed by atoms with E-state index in [-0.39, 0.29) is 17.6 Å². The van der Waals surface area contributed by atoms with Crippen molar-refractivity contribution in [2.45, 2.75) is 18.3 Å². The number of sulfonamides is 1. The molecule has 9 nitrogen and oxygen atoms in total. The van der Waals surface area contributed by atoms with Crippen LogP contribution in [0, 0.1) is 6.92 Å². The van der Waals surface area contributed by atoms with Gasteiger partial charge in [-0.25, -0.2) is 8.42 Å². The summed E-state index contributed by atoms with van der Waals surface area (Å²) in [5.74, 6) is 0. The van der Waals surface area contributed by atoms with E-state index in [1.165, 1.54) is 11.3 Å². The van der Waals surface area contributed by atoms with Crippen LogP contribution in [0.5, 0.6) is 0 Å². The van der Waals surface area contributed by atoms with Crippen LogP contribution >= 0.6 is 11.3 Å². The van der Waals surface area contributed by atoms with Crippen molar-refractivity contribution in [3.63, 3.8) is 0 Å². The number of nitrogens with one attached hydrogen (secondary N) is 2. The number of amides is 1. The summed E-state index contributed by atoms with van der Waals surface area (Å²) in [6.45, 7) is 2.27. The molecule has 2 atom stereocenters. The molecule has 1 fully saturated rings. The number of nitrogens with zero attached hydrogens (tertiary/aromatic N) is 2. The SMILES string of the molecule is Cc1nnc(NS(=O)(=O)C2NCC2N)s1.NC=O.